The van der Waals surface area contributed by atoms with Gasteiger partial charge in [-0.15, -0.1) is 0 Å². The maximum Gasteiger partial charge on any atom is 0.262 e. The largest absolute Gasteiger partial charge is 0.454 e. The summed E-state index contributed by atoms with van der Waals surface area (Å²) < 4.78 is 23.2. The molecular formula is C18H21N2O4PS. The lowest BCUT2D eigenvalue weighted by molar-refractivity contribution is -0.0152. The lowest BCUT2D eigenvalue weighted by Gasteiger charge is -2.43. The maximum absolute atomic E-state index is 6.33. The molecule has 26 heavy (non-hydrogen) atoms. The van der Waals surface area contributed by atoms with E-state index in [1.54, 1.807) is 12.4 Å². The number of nitrogens with one attached hydrogen (secondary N) is 1. The molecule has 0 radical (unpaired) electrons. The molecule has 0 spiro atoms. The second kappa shape index (κ2) is 6.91. The van der Waals surface area contributed by atoms with E-state index in [2.05, 4.69) is 23.9 Å². The summed E-state index contributed by atoms with van der Waals surface area (Å²) in [6, 6.07) is 9.78. The van der Waals surface area contributed by atoms with Gasteiger partial charge in [0.2, 0.25) is 6.79 Å². The predicted molar refractivity (Wildman–Crippen MR) is 101 cm³/mol. The summed E-state index contributed by atoms with van der Waals surface area (Å²) in [6.07, 6.45) is 3.35. The van der Waals surface area contributed by atoms with E-state index in [0.29, 0.717) is 13.2 Å². The summed E-state index contributed by atoms with van der Waals surface area (Å²) in [7, 11) is 0. The number of aromatic nitrogens is 1. The van der Waals surface area contributed by atoms with Crippen molar-refractivity contribution in [2.45, 2.75) is 26.5 Å². The molecule has 0 unspecified atom stereocenters. The third-order valence-electron chi connectivity index (χ3n) is 4.46. The van der Waals surface area contributed by atoms with Gasteiger partial charge in [0, 0.05) is 24.4 Å². The molecule has 0 aliphatic carbocycles. The van der Waals surface area contributed by atoms with Gasteiger partial charge in [0.1, 0.15) is 0 Å². The summed E-state index contributed by atoms with van der Waals surface area (Å²) in [5, 5.41) is 3.29. The van der Waals surface area contributed by atoms with E-state index >= 15 is 0 Å². The molecule has 2 aromatic rings. The molecular weight excluding hydrogens is 371 g/mol. The second-order valence-corrected chi connectivity index (χ2v) is 10.3. The topological polar surface area (TPSA) is 61.8 Å². The van der Waals surface area contributed by atoms with Crippen LogP contribution < -0.4 is 14.6 Å². The first-order valence-corrected chi connectivity index (χ1v) is 11.1. The summed E-state index contributed by atoms with van der Waals surface area (Å²) >= 11 is 5.71. The standard InChI is InChI=1S/C18H21N2O4PS/c1-18(2)11-23-25(26,20-10-13-4-3-7-19-9-13)24-17(18)14-5-6-15-16(8-14)22-12-21-15/h3-9,17H,10-12H2,1-2H3,(H,20,26)/t17-,25-/m0/s1. The number of nitrogens with zero attached hydrogens (tertiary/aromatic N) is 1. The molecule has 0 bridgehead atoms. The zero-order valence-electron chi connectivity index (χ0n) is 14.7. The van der Waals surface area contributed by atoms with Gasteiger partial charge in [-0.3, -0.25) is 4.98 Å². The Morgan fingerprint density at radius 1 is 1.27 bits per heavy atom. The van der Waals surface area contributed by atoms with Gasteiger partial charge in [0.25, 0.3) is 6.64 Å². The van der Waals surface area contributed by atoms with Crippen LogP contribution >= 0.6 is 6.64 Å². The Hall–Kier alpha value is -1.50. The molecule has 2 aliphatic heterocycles. The number of hydrogen-bond donors (Lipinski definition) is 1. The van der Waals surface area contributed by atoms with Crippen molar-refractivity contribution < 1.29 is 18.5 Å². The van der Waals surface area contributed by atoms with Gasteiger partial charge in [-0.1, -0.05) is 26.0 Å². The highest BCUT2D eigenvalue weighted by Crippen LogP contribution is 2.59. The molecule has 8 heteroatoms. The summed E-state index contributed by atoms with van der Waals surface area (Å²) in [6.45, 7) is 2.93. The Labute approximate surface area is 158 Å². The third-order valence-corrected chi connectivity index (χ3v) is 6.92. The number of rotatable bonds is 4. The van der Waals surface area contributed by atoms with Crippen LogP contribution in [0.3, 0.4) is 0 Å². The average Bonchev–Trinajstić information content (AvgIpc) is 3.11. The van der Waals surface area contributed by atoms with Crippen LogP contribution in [0, 0.1) is 5.41 Å². The second-order valence-electron chi connectivity index (χ2n) is 7.05. The molecule has 1 aromatic carbocycles. The van der Waals surface area contributed by atoms with Crippen molar-refractivity contribution in [2.24, 2.45) is 5.41 Å². The molecule has 0 amide bonds. The van der Waals surface area contributed by atoms with Gasteiger partial charge in [0.15, 0.2) is 11.5 Å². The number of ether oxygens (including phenoxy) is 2. The SMILES string of the molecule is CC1(C)CO[P@@](=S)(NCc2cccnc2)O[C@H]1c1ccc2c(c1)OCO2. The fraction of sp³-hybridized carbons (Fsp3) is 0.389. The minimum Gasteiger partial charge on any atom is -0.454 e. The molecule has 0 saturated carbocycles. The van der Waals surface area contributed by atoms with Gasteiger partial charge < -0.3 is 18.5 Å². The lowest BCUT2D eigenvalue weighted by atomic mass is 9.83. The molecule has 1 N–H and O–H groups in total. The number of fused-ring (bicyclic) bond motifs is 1. The van der Waals surface area contributed by atoms with Crippen LogP contribution in [0.1, 0.15) is 31.1 Å². The van der Waals surface area contributed by atoms with E-state index in [4.69, 9.17) is 30.3 Å². The van der Waals surface area contributed by atoms with Crippen molar-refractivity contribution in [1.29, 1.82) is 0 Å². The molecule has 4 rings (SSSR count). The molecule has 1 saturated heterocycles. The first-order chi connectivity index (χ1) is 12.5. The highest BCUT2D eigenvalue weighted by atomic mass is 32.5. The highest BCUT2D eigenvalue weighted by molar-refractivity contribution is 8.09. The van der Waals surface area contributed by atoms with Gasteiger partial charge >= 0.3 is 0 Å². The highest BCUT2D eigenvalue weighted by Gasteiger charge is 2.43. The van der Waals surface area contributed by atoms with Gasteiger partial charge in [0.05, 0.1) is 12.7 Å². The first-order valence-electron chi connectivity index (χ1n) is 8.42. The van der Waals surface area contributed by atoms with Crippen LogP contribution in [0.25, 0.3) is 0 Å². The maximum atomic E-state index is 6.33. The Balaban J connectivity index is 1.54. The van der Waals surface area contributed by atoms with E-state index in [0.717, 1.165) is 22.6 Å². The molecule has 1 aromatic heterocycles. The van der Waals surface area contributed by atoms with Crippen LogP contribution in [0.4, 0.5) is 0 Å². The number of benzene rings is 1. The Kier molecular flexibility index (Phi) is 4.75. The fourth-order valence-electron chi connectivity index (χ4n) is 3.00. The van der Waals surface area contributed by atoms with Crippen molar-refractivity contribution >= 4 is 18.4 Å². The van der Waals surface area contributed by atoms with Crippen molar-refractivity contribution in [3.63, 3.8) is 0 Å². The zero-order valence-corrected chi connectivity index (χ0v) is 16.4. The van der Waals surface area contributed by atoms with E-state index in [-0.39, 0.29) is 18.3 Å². The van der Waals surface area contributed by atoms with Crippen molar-refractivity contribution in [1.82, 2.24) is 10.1 Å². The minimum absolute atomic E-state index is 0.196. The Morgan fingerprint density at radius 3 is 2.92 bits per heavy atom. The molecule has 138 valence electrons. The van der Waals surface area contributed by atoms with Crippen molar-refractivity contribution in [3.8, 4) is 11.5 Å². The van der Waals surface area contributed by atoms with Crippen LogP contribution in [0.2, 0.25) is 0 Å². The van der Waals surface area contributed by atoms with Crippen LogP contribution in [-0.4, -0.2) is 18.4 Å². The molecule has 2 aliphatic rings. The van der Waals surface area contributed by atoms with Gasteiger partial charge in [-0.05, 0) is 41.1 Å². The van der Waals surface area contributed by atoms with Crippen LogP contribution in [0.5, 0.6) is 11.5 Å². The summed E-state index contributed by atoms with van der Waals surface area (Å²) in [4.78, 5) is 4.12. The quantitative estimate of drug-likeness (QED) is 0.791. The first kappa shape index (κ1) is 17.9. The normalized spacial score (nSPS) is 26.6. The minimum atomic E-state index is -2.62. The number of hydrogen-bond acceptors (Lipinski definition) is 6. The van der Waals surface area contributed by atoms with Gasteiger partial charge in [-0.2, -0.15) is 0 Å². The van der Waals surface area contributed by atoms with Gasteiger partial charge in [-0.25, -0.2) is 5.09 Å². The zero-order chi connectivity index (χ0) is 18.2. The third kappa shape index (κ3) is 3.63. The Bertz CT molecular complexity index is 846. The molecule has 1 fully saturated rings. The smallest absolute Gasteiger partial charge is 0.262 e. The monoisotopic (exact) mass is 392 g/mol. The summed E-state index contributed by atoms with van der Waals surface area (Å²) in [5.74, 6) is 1.50. The van der Waals surface area contributed by atoms with E-state index < -0.39 is 6.64 Å². The van der Waals surface area contributed by atoms with Crippen LogP contribution in [-0.2, 0) is 27.4 Å². The average molecular weight is 392 g/mol. The Morgan fingerprint density at radius 2 is 2.12 bits per heavy atom. The van der Waals surface area contributed by atoms with E-state index in [1.807, 2.05) is 30.3 Å². The van der Waals surface area contributed by atoms with Crippen molar-refractivity contribution in [3.05, 3.63) is 53.9 Å². The van der Waals surface area contributed by atoms with E-state index in [1.165, 1.54) is 0 Å². The molecule has 2 atom stereocenters. The van der Waals surface area contributed by atoms with E-state index in [9.17, 15) is 0 Å². The van der Waals surface area contributed by atoms with Crippen LogP contribution in [0.15, 0.2) is 42.7 Å². The van der Waals surface area contributed by atoms with Crippen molar-refractivity contribution in [2.75, 3.05) is 13.4 Å². The fourth-order valence-corrected chi connectivity index (χ4v) is 5.40. The molecule has 6 nitrogen and oxygen atoms in total. The lowest BCUT2D eigenvalue weighted by Crippen LogP contribution is -2.35. The molecule has 3 heterocycles. The summed E-state index contributed by atoms with van der Waals surface area (Å²) in [5.41, 5.74) is 1.83. The predicted octanol–water partition coefficient (Wildman–Crippen LogP) is 3.94. The number of pyridine rings is 1.